The summed E-state index contributed by atoms with van der Waals surface area (Å²) in [5.41, 5.74) is 0.853. The Balaban J connectivity index is 1.85. The van der Waals surface area contributed by atoms with Crippen molar-refractivity contribution >= 4 is 17.5 Å². The minimum atomic E-state index is -4.39. The fourth-order valence-electron chi connectivity index (χ4n) is 5.72. The van der Waals surface area contributed by atoms with E-state index in [4.69, 9.17) is 9.47 Å². The molecule has 1 heterocycles. The largest absolute Gasteiger partial charge is 0.490 e. The number of likely N-dealkylation sites (N-methyl/N-ethyl adjacent to an activating group) is 1. The van der Waals surface area contributed by atoms with Gasteiger partial charge in [-0.1, -0.05) is 19.1 Å². The number of fused-ring (bicyclic) bond motifs is 1. The Hall–Kier alpha value is -3.19. The monoisotopic (exact) mass is 678 g/mol. The molecule has 4 atom stereocenters. The zero-order valence-electron chi connectivity index (χ0n) is 29.2. The summed E-state index contributed by atoms with van der Waals surface area (Å²) in [5, 5.41) is 13.1. The molecule has 0 aromatic heterocycles. The van der Waals surface area contributed by atoms with Crippen molar-refractivity contribution in [2.45, 2.75) is 83.8 Å². The molecule has 0 aliphatic carbocycles. The number of hydrogen-bond donors (Lipinski definition) is 2. The fourth-order valence-corrected chi connectivity index (χ4v) is 5.72. The van der Waals surface area contributed by atoms with E-state index in [0.29, 0.717) is 49.5 Å². The van der Waals surface area contributed by atoms with E-state index in [9.17, 15) is 27.9 Å². The van der Waals surface area contributed by atoms with Crippen LogP contribution in [0.15, 0.2) is 42.5 Å². The first kappa shape index (κ1) is 39.3. The molecule has 1 aliphatic heterocycles. The van der Waals surface area contributed by atoms with Gasteiger partial charge in [-0.25, -0.2) is 0 Å². The number of nitrogens with one attached hydrogen (secondary N) is 1. The molecule has 0 saturated heterocycles. The fraction of sp³-hybridized carbons (Fsp3) is 0.611. The van der Waals surface area contributed by atoms with Crippen LogP contribution in [0.4, 0.5) is 18.9 Å². The Morgan fingerprint density at radius 1 is 1.10 bits per heavy atom. The molecule has 0 radical (unpaired) electrons. The molecule has 3 rings (SSSR count). The highest BCUT2D eigenvalue weighted by molar-refractivity contribution is 5.99. The molecule has 12 heteroatoms. The summed E-state index contributed by atoms with van der Waals surface area (Å²) in [4.78, 5) is 32.6. The molecule has 0 fully saturated rings. The number of halogens is 3. The van der Waals surface area contributed by atoms with Crippen molar-refractivity contribution in [1.29, 1.82) is 0 Å². The molecular formula is C36H53F3N4O5. The Morgan fingerprint density at radius 2 is 1.81 bits per heavy atom. The number of aliphatic hydroxyl groups is 1. The summed E-state index contributed by atoms with van der Waals surface area (Å²) in [6, 6.07) is 9.75. The number of alkyl halides is 3. The number of rotatable bonds is 11. The lowest BCUT2D eigenvalue weighted by molar-refractivity contribution is -0.137. The first-order chi connectivity index (χ1) is 22.7. The maximum atomic E-state index is 14.3. The molecule has 2 amide bonds. The van der Waals surface area contributed by atoms with Gasteiger partial charge < -0.3 is 29.7 Å². The average Bonchev–Trinajstić information content (AvgIpc) is 3.02. The van der Waals surface area contributed by atoms with Crippen LogP contribution in [-0.4, -0.2) is 104 Å². The molecule has 0 spiro atoms. The molecule has 0 saturated carbocycles. The maximum Gasteiger partial charge on any atom is 0.416 e. The SMILES string of the molecule is C[C@@H]1CN([C@@H](C)CO)C(=O)c2cc(NC(=O)CCCN(C)C)ccc2O[C@@H](C)CCCCO[C@H]1CN(C)Cc1ccc(C(F)(F)F)cc1. The smallest absolute Gasteiger partial charge is 0.416 e. The van der Waals surface area contributed by atoms with Crippen LogP contribution in [0.1, 0.15) is 74.4 Å². The van der Waals surface area contributed by atoms with Gasteiger partial charge in [0.05, 0.1) is 36.0 Å². The van der Waals surface area contributed by atoms with Gasteiger partial charge in [-0.05, 0) is 103 Å². The van der Waals surface area contributed by atoms with Gasteiger partial charge in [0.15, 0.2) is 0 Å². The van der Waals surface area contributed by atoms with Crippen molar-refractivity contribution in [2.24, 2.45) is 5.92 Å². The Bertz CT molecular complexity index is 1310. The zero-order chi connectivity index (χ0) is 35.4. The Kier molecular flexibility index (Phi) is 15.2. The van der Waals surface area contributed by atoms with Crippen molar-refractivity contribution in [1.82, 2.24) is 14.7 Å². The number of amides is 2. The van der Waals surface area contributed by atoms with Gasteiger partial charge in [-0.2, -0.15) is 13.2 Å². The van der Waals surface area contributed by atoms with Gasteiger partial charge in [-0.3, -0.25) is 14.5 Å². The van der Waals surface area contributed by atoms with Crippen molar-refractivity contribution < 1.29 is 37.3 Å². The summed E-state index contributed by atoms with van der Waals surface area (Å²) in [6.45, 7) is 7.94. The van der Waals surface area contributed by atoms with Crippen LogP contribution in [0.2, 0.25) is 0 Å². The van der Waals surface area contributed by atoms with Crippen LogP contribution < -0.4 is 10.1 Å². The second kappa shape index (κ2) is 18.5. The summed E-state index contributed by atoms with van der Waals surface area (Å²) >= 11 is 0. The van der Waals surface area contributed by atoms with Gasteiger partial charge >= 0.3 is 6.18 Å². The first-order valence-electron chi connectivity index (χ1n) is 16.8. The average molecular weight is 679 g/mol. The number of ether oxygens (including phenoxy) is 2. The van der Waals surface area contributed by atoms with E-state index in [-0.39, 0.29) is 43.1 Å². The predicted octanol–water partition coefficient (Wildman–Crippen LogP) is 5.91. The topological polar surface area (TPSA) is 94.6 Å². The normalized spacial score (nSPS) is 20.6. The lowest BCUT2D eigenvalue weighted by atomic mass is 10.0. The van der Waals surface area contributed by atoms with E-state index in [1.54, 1.807) is 30.0 Å². The number of hydrogen-bond acceptors (Lipinski definition) is 7. The van der Waals surface area contributed by atoms with Crippen LogP contribution in [0, 0.1) is 5.92 Å². The standard InChI is InChI=1S/C36H53F3N4O5/c1-25-21-43(26(2)24-44)35(46)31-20-30(40-34(45)11-9-18-41(4)5)16-17-32(31)48-27(3)10-7-8-19-47-33(25)23-42(6)22-28-12-14-29(15-13-28)36(37,38)39/h12-17,20,25-27,33,44H,7-11,18-19,21-24H2,1-6H3,(H,40,45)/t25-,26+,27+,33+/m1/s1. The number of nitrogens with zero attached hydrogens (tertiary/aromatic N) is 3. The van der Waals surface area contributed by atoms with Crippen LogP contribution in [0.25, 0.3) is 0 Å². The van der Waals surface area contributed by atoms with E-state index >= 15 is 0 Å². The third-order valence-electron chi connectivity index (χ3n) is 8.57. The number of benzene rings is 2. The molecule has 0 bridgehead atoms. The van der Waals surface area contributed by atoms with Crippen LogP contribution in [0.5, 0.6) is 5.75 Å². The Labute approximate surface area is 283 Å². The van der Waals surface area contributed by atoms with E-state index in [1.165, 1.54) is 12.1 Å². The quantitative estimate of drug-likeness (QED) is 0.305. The van der Waals surface area contributed by atoms with Crippen molar-refractivity contribution in [2.75, 3.05) is 59.3 Å². The number of carbonyl (C=O) groups is 2. The summed E-state index contributed by atoms with van der Waals surface area (Å²) in [6.07, 6.45) is -1.43. The van der Waals surface area contributed by atoms with Crippen LogP contribution in [0.3, 0.4) is 0 Å². The zero-order valence-corrected chi connectivity index (χ0v) is 29.2. The molecule has 1 aliphatic rings. The second-order valence-electron chi connectivity index (χ2n) is 13.4. The van der Waals surface area contributed by atoms with Gasteiger partial charge in [-0.15, -0.1) is 0 Å². The predicted molar refractivity (Wildman–Crippen MR) is 181 cm³/mol. The molecule has 2 aromatic rings. The highest BCUT2D eigenvalue weighted by Crippen LogP contribution is 2.30. The highest BCUT2D eigenvalue weighted by Gasteiger charge is 2.31. The number of anilines is 1. The van der Waals surface area contributed by atoms with Crippen molar-refractivity contribution in [3.8, 4) is 5.75 Å². The van der Waals surface area contributed by atoms with Gasteiger partial charge in [0, 0.05) is 44.3 Å². The molecule has 0 unspecified atom stereocenters. The third kappa shape index (κ3) is 12.4. The lowest BCUT2D eigenvalue weighted by Gasteiger charge is -2.36. The van der Waals surface area contributed by atoms with Crippen LogP contribution >= 0.6 is 0 Å². The molecule has 9 nitrogen and oxygen atoms in total. The molecule has 2 aromatic carbocycles. The number of carbonyl (C=O) groups excluding carboxylic acids is 2. The minimum absolute atomic E-state index is 0.144. The Morgan fingerprint density at radius 3 is 2.46 bits per heavy atom. The molecule has 2 N–H and O–H groups in total. The van der Waals surface area contributed by atoms with Crippen molar-refractivity contribution in [3.05, 3.63) is 59.2 Å². The summed E-state index contributed by atoms with van der Waals surface area (Å²) in [5.74, 6) is -0.219. The summed E-state index contributed by atoms with van der Waals surface area (Å²) in [7, 11) is 5.80. The molecular weight excluding hydrogens is 625 g/mol. The molecule has 48 heavy (non-hydrogen) atoms. The van der Waals surface area contributed by atoms with Crippen LogP contribution in [-0.2, 0) is 22.3 Å². The number of aliphatic hydroxyl groups excluding tert-OH is 1. The van der Waals surface area contributed by atoms with Crippen molar-refractivity contribution in [3.63, 3.8) is 0 Å². The van der Waals surface area contributed by atoms with Gasteiger partial charge in [0.1, 0.15) is 5.75 Å². The second-order valence-corrected chi connectivity index (χ2v) is 13.4. The van der Waals surface area contributed by atoms with Gasteiger partial charge in [0.25, 0.3) is 5.91 Å². The first-order valence-corrected chi connectivity index (χ1v) is 16.8. The lowest BCUT2D eigenvalue weighted by Crippen LogP contribution is -2.47. The van der Waals surface area contributed by atoms with Gasteiger partial charge in [0.2, 0.25) is 5.91 Å². The van der Waals surface area contributed by atoms with E-state index in [0.717, 1.165) is 43.5 Å². The third-order valence-corrected chi connectivity index (χ3v) is 8.57. The van der Waals surface area contributed by atoms with E-state index < -0.39 is 17.8 Å². The van der Waals surface area contributed by atoms with E-state index in [1.807, 2.05) is 44.8 Å². The highest BCUT2D eigenvalue weighted by atomic mass is 19.4. The summed E-state index contributed by atoms with van der Waals surface area (Å²) < 4.78 is 51.8. The maximum absolute atomic E-state index is 14.3. The molecule has 268 valence electrons. The van der Waals surface area contributed by atoms with E-state index in [2.05, 4.69) is 5.32 Å². The minimum Gasteiger partial charge on any atom is -0.490 e.